The average molecular weight is 785 g/mol. The van der Waals surface area contributed by atoms with Crippen molar-refractivity contribution in [2.45, 2.75) is 239 Å². The Kier molecular flexibility index (Phi) is 43.0. The highest BCUT2D eigenvalue weighted by molar-refractivity contribution is 5.71. The highest BCUT2D eigenvalue weighted by Gasteiger charge is 2.19. The predicted molar refractivity (Wildman–Crippen MR) is 238 cm³/mol. The summed E-state index contributed by atoms with van der Waals surface area (Å²) < 4.78 is 16.6. The third kappa shape index (κ3) is 42.5. The molecule has 0 aromatic carbocycles. The number of esters is 3. The van der Waals surface area contributed by atoms with Gasteiger partial charge in [-0.2, -0.15) is 0 Å². The molecule has 0 amide bonds. The van der Waals surface area contributed by atoms with Gasteiger partial charge in [0.15, 0.2) is 6.10 Å². The number of allylic oxidation sites excluding steroid dienone is 8. The van der Waals surface area contributed by atoms with E-state index in [4.69, 9.17) is 14.2 Å². The normalized spacial score (nSPS) is 12.4. The van der Waals surface area contributed by atoms with Gasteiger partial charge in [-0.05, 0) is 96.3 Å². The SMILES string of the molecule is CC/C=C\C/C=C\CCCCC(=O)OCC(COC(=O)CCCCCCC/C=C\CCCCCCCCC)OC(=O)CCCCC/C=C\CCCCCCCC. The van der Waals surface area contributed by atoms with Gasteiger partial charge in [0.1, 0.15) is 13.2 Å². The van der Waals surface area contributed by atoms with Gasteiger partial charge in [0.2, 0.25) is 0 Å². The Morgan fingerprint density at radius 3 is 1.14 bits per heavy atom. The van der Waals surface area contributed by atoms with Crippen molar-refractivity contribution in [2.75, 3.05) is 13.2 Å². The molecule has 1 atom stereocenters. The van der Waals surface area contributed by atoms with E-state index < -0.39 is 6.10 Å². The Bertz CT molecular complexity index is 996. The van der Waals surface area contributed by atoms with Crippen LogP contribution in [0.25, 0.3) is 0 Å². The van der Waals surface area contributed by atoms with Crippen molar-refractivity contribution in [3.63, 3.8) is 0 Å². The van der Waals surface area contributed by atoms with E-state index in [-0.39, 0.29) is 31.1 Å². The van der Waals surface area contributed by atoms with Crippen molar-refractivity contribution in [1.82, 2.24) is 0 Å². The molecule has 1 unspecified atom stereocenters. The molecule has 0 spiro atoms. The predicted octanol–water partition coefficient (Wildman–Crippen LogP) is 15.1. The molecule has 0 fully saturated rings. The Hall–Kier alpha value is -2.63. The van der Waals surface area contributed by atoms with Gasteiger partial charge in [-0.3, -0.25) is 14.4 Å². The molecule has 0 N–H and O–H groups in total. The van der Waals surface area contributed by atoms with Crippen LogP contribution in [-0.4, -0.2) is 37.2 Å². The first-order valence-electron chi connectivity index (χ1n) is 23.6. The molecule has 0 bridgehead atoms. The number of ether oxygens (including phenoxy) is 3. The van der Waals surface area contributed by atoms with Gasteiger partial charge in [0, 0.05) is 19.3 Å². The van der Waals surface area contributed by atoms with Gasteiger partial charge in [-0.15, -0.1) is 0 Å². The number of unbranched alkanes of at least 4 members (excludes halogenated alkanes) is 23. The van der Waals surface area contributed by atoms with Crippen LogP contribution in [0, 0.1) is 0 Å². The lowest BCUT2D eigenvalue weighted by Crippen LogP contribution is -2.30. The summed E-state index contributed by atoms with van der Waals surface area (Å²) in [5, 5.41) is 0. The molecule has 0 saturated carbocycles. The lowest BCUT2D eigenvalue weighted by Gasteiger charge is -2.18. The highest BCUT2D eigenvalue weighted by atomic mass is 16.6. The third-order valence-electron chi connectivity index (χ3n) is 10.0. The first kappa shape index (κ1) is 53.4. The largest absolute Gasteiger partial charge is 0.462 e. The van der Waals surface area contributed by atoms with Crippen molar-refractivity contribution in [1.29, 1.82) is 0 Å². The molecular formula is C50H88O6. The molecule has 6 nitrogen and oxygen atoms in total. The third-order valence-corrected chi connectivity index (χ3v) is 10.0. The number of hydrogen-bond donors (Lipinski definition) is 0. The molecule has 56 heavy (non-hydrogen) atoms. The maximum Gasteiger partial charge on any atom is 0.306 e. The monoisotopic (exact) mass is 785 g/mol. The van der Waals surface area contributed by atoms with Gasteiger partial charge in [-0.1, -0.05) is 166 Å². The van der Waals surface area contributed by atoms with Crippen LogP contribution in [-0.2, 0) is 28.6 Å². The van der Waals surface area contributed by atoms with E-state index in [0.29, 0.717) is 19.3 Å². The van der Waals surface area contributed by atoms with Crippen molar-refractivity contribution in [3.8, 4) is 0 Å². The molecule has 0 aliphatic carbocycles. The quantitative estimate of drug-likeness (QED) is 0.0265. The molecule has 0 rings (SSSR count). The molecular weight excluding hydrogens is 697 g/mol. The van der Waals surface area contributed by atoms with Gasteiger partial charge < -0.3 is 14.2 Å². The Balaban J connectivity index is 4.38. The summed E-state index contributed by atoms with van der Waals surface area (Å²) in [5.74, 6) is -0.956. The molecule has 324 valence electrons. The summed E-state index contributed by atoms with van der Waals surface area (Å²) in [6.07, 6.45) is 52.5. The second-order valence-electron chi connectivity index (χ2n) is 15.6. The minimum atomic E-state index is -0.793. The molecule has 0 aromatic heterocycles. The van der Waals surface area contributed by atoms with E-state index in [2.05, 4.69) is 69.4 Å². The van der Waals surface area contributed by atoms with Crippen molar-refractivity contribution in [2.24, 2.45) is 0 Å². The number of rotatable bonds is 42. The summed E-state index contributed by atoms with van der Waals surface area (Å²) >= 11 is 0. The summed E-state index contributed by atoms with van der Waals surface area (Å²) in [6, 6.07) is 0. The fraction of sp³-hybridized carbons (Fsp3) is 0.780. The second kappa shape index (κ2) is 45.1. The lowest BCUT2D eigenvalue weighted by atomic mass is 10.1. The van der Waals surface area contributed by atoms with Crippen LogP contribution < -0.4 is 0 Å². The van der Waals surface area contributed by atoms with Crippen LogP contribution in [0.4, 0.5) is 0 Å². The summed E-state index contributed by atoms with van der Waals surface area (Å²) in [6.45, 7) is 6.45. The zero-order chi connectivity index (χ0) is 40.8. The summed E-state index contributed by atoms with van der Waals surface area (Å²) in [4.78, 5) is 37.7. The number of carbonyl (C=O) groups is 3. The standard InChI is InChI=1S/C50H88O6/c1-4-7-10-13-16-19-21-23-24-25-27-28-31-34-37-40-43-49(52)55-46-47(45-54-48(51)42-39-36-33-30-18-15-12-9-6-3)56-50(53)44-41-38-35-32-29-26-22-20-17-14-11-8-5-2/h9,12,18,24-26,29-30,47H,4-8,10-11,13-17,19-23,27-28,31-46H2,1-3H3/b12-9-,25-24-,29-26-,30-18-. The Morgan fingerprint density at radius 2 is 0.696 bits per heavy atom. The van der Waals surface area contributed by atoms with Crippen LogP contribution in [0.3, 0.4) is 0 Å². The van der Waals surface area contributed by atoms with E-state index in [0.717, 1.165) is 89.9 Å². The molecule has 0 saturated heterocycles. The second-order valence-corrected chi connectivity index (χ2v) is 15.6. The average Bonchev–Trinajstić information content (AvgIpc) is 3.19. The smallest absolute Gasteiger partial charge is 0.306 e. The van der Waals surface area contributed by atoms with E-state index in [1.54, 1.807) is 0 Å². The minimum Gasteiger partial charge on any atom is -0.462 e. The maximum absolute atomic E-state index is 12.7. The molecule has 0 radical (unpaired) electrons. The molecule has 6 heteroatoms. The maximum atomic E-state index is 12.7. The highest BCUT2D eigenvalue weighted by Crippen LogP contribution is 2.13. The van der Waals surface area contributed by atoms with Crippen LogP contribution >= 0.6 is 0 Å². The van der Waals surface area contributed by atoms with Crippen LogP contribution in [0.5, 0.6) is 0 Å². The van der Waals surface area contributed by atoms with Gasteiger partial charge >= 0.3 is 17.9 Å². The molecule has 0 aliphatic rings. The first-order valence-corrected chi connectivity index (χ1v) is 23.6. The van der Waals surface area contributed by atoms with Crippen LogP contribution in [0.15, 0.2) is 48.6 Å². The topological polar surface area (TPSA) is 78.9 Å². The molecule has 0 heterocycles. The fourth-order valence-electron chi connectivity index (χ4n) is 6.47. The molecule has 0 aromatic rings. The van der Waals surface area contributed by atoms with Crippen LogP contribution in [0.1, 0.15) is 233 Å². The van der Waals surface area contributed by atoms with E-state index >= 15 is 0 Å². The fourth-order valence-corrected chi connectivity index (χ4v) is 6.47. The lowest BCUT2D eigenvalue weighted by molar-refractivity contribution is -0.167. The van der Waals surface area contributed by atoms with Crippen molar-refractivity contribution in [3.05, 3.63) is 48.6 Å². The van der Waals surface area contributed by atoms with Crippen molar-refractivity contribution < 1.29 is 28.6 Å². The van der Waals surface area contributed by atoms with E-state index in [1.165, 1.54) is 103 Å². The van der Waals surface area contributed by atoms with Crippen molar-refractivity contribution >= 4 is 17.9 Å². The minimum absolute atomic E-state index is 0.0935. The van der Waals surface area contributed by atoms with Gasteiger partial charge in [0.05, 0.1) is 0 Å². The van der Waals surface area contributed by atoms with Gasteiger partial charge in [-0.25, -0.2) is 0 Å². The molecule has 0 aliphatic heterocycles. The first-order chi connectivity index (χ1) is 27.5. The zero-order valence-corrected chi connectivity index (χ0v) is 36.9. The van der Waals surface area contributed by atoms with Gasteiger partial charge in [0.25, 0.3) is 0 Å². The number of hydrogen-bond acceptors (Lipinski definition) is 6. The Morgan fingerprint density at radius 1 is 0.375 bits per heavy atom. The Labute approximate surface area is 346 Å². The van der Waals surface area contributed by atoms with Crippen LogP contribution in [0.2, 0.25) is 0 Å². The summed E-state index contributed by atoms with van der Waals surface area (Å²) in [5.41, 5.74) is 0. The summed E-state index contributed by atoms with van der Waals surface area (Å²) in [7, 11) is 0. The van der Waals surface area contributed by atoms with E-state index in [1.807, 2.05) is 0 Å². The number of carbonyl (C=O) groups excluding carboxylic acids is 3. The van der Waals surface area contributed by atoms with E-state index in [9.17, 15) is 14.4 Å². The zero-order valence-electron chi connectivity index (χ0n) is 36.9.